The van der Waals surface area contributed by atoms with E-state index in [1.807, 2.05) is 0 Å². The first kappa shape index (κ1) is 16.5. The molecule has 2 N–H and O–H groups in total. The molecule has 0 amide bonds. The third-order valence-electron chi connectivity index (χ3n) is 0.0833. The second-order valence-corrected chi connectivity index (χ2v) is 0.287. The zero-order chi connectivity index (χ0) is 3.41. The Hall–Kier alpha value is 0.118. The van der Waals surface area contributed by atoms with E-state index in [-0.39, 0.29) is 27.2 Å². The van der Waals surface area contributed by atoms with E-state index in [1.165, 1.54) is 13.6 Å². The molecule has 0 atom stereocenters. The summed E-state index contributed by atoms with van der Waals surface area (Å²) in [6, 6.07) is 0. The van der Waals surface area contributed by atoms with E-state index in [0.29, 0.717) is 0 Å². The van der Waals surface area contributed by atoms with Crippen LogP contribution in [0.3, 0.4) is 0 Å². The first-order valence-corrected chi connectivity index (χ1v) is 0.816. The van der Waals surface area contributed by atoms with Crippen molar-refractivity contribution in [3.05, 3.63) is 6.15 Å². The molecule has 0 unspecified atom stereocenters. The smallest absolute Gasteiger partial charge is 0.693 e. The van der Waals surface area contributed by atoms with Gasteiger partial charge < -0.3 is 15.7 Å². The number of methoxy groups -OCH3 is 1. The van der Waals surface area contributed by atoms with Crippen LogP contribution in [-0.2, 0) is 30.6 Å². The van der Waals surface area contributed by atoms with E-state index in [0.717, 1.165) is 0 Å². The molecule has 0 radical (unpaired) electrons. The minimum absolute atomic E-state index is 0. The fourth-order valence-corrected chi connectivity index (χ4v) is 0. The van der Waals surface area contributed by atoms with Gasteiger partial charge in [0.15, 0.2) is 0 Å². The van der Waals surface area contributed by atoms with Gasteiger partial charge in [-0.3, -0.25) is 0 Å². The molecule has 0 heterocycles. The topological polar surface area (TPSA) is 59.8 Å². The van der Waals surface area contributed by atoms with Crippen molar-refractivity contribution in [2.24, 2.45) is 0 Å². The second-order valence-electron chi connectivity index (χ2n) is 0.287. The molecule has 0 aromatic heterocycles. The van der Waals surface area contributed by atoms with Crippen LogP contribution in [0.5, 0.6) is 0 Å². The zero-order valence-corrected chi connectivity index (χ0v) is 6.24. The molecule has 0 aliphatic rings. The Morgan fingerprint density at radius 3 is 1.83 bits per heavy atom. The molecule has 0 aromatic carbocycles. The van der Waals surface area contributed by atoms with E-state index >= 15 is 0 Å². The maximum Gasteiger partial charge on any atom is 2.00 e. The normalized spacial score (nSPS) is 3.50. The number of rotatable bonds is 1. The number of hydrogen-bond donors (Lipinski definition) is 0. The molecule has 0 fully saturated rings. The average Bonchev–Trinajstić information content (AvgIpc) is 1.37. The Bertz CT molecular complexity index is 25.5. The van der Waals surface area contributed by atoms with Crippen LogP contribution in [0.2, 0.25) is 0 Å². The molecule has 6 heavy (non-hydrogen) atoms. The summed E-state index contributed by atoms with van der Waals surface area (Å²) in [4.78, 5) is 8.83. The second kappa shape index (κ2) is 19.3. The summed E-state index contributed by atoms with van der Waals surface area (Å²) in [5, 5.41) is 0. The van der Waals surface area contributed by atoms with E-state index < -0.39 is 0 Å². The molecule has 0 saturated carbocycles. The molecule has 0 aliphatic carbocycles. The van der Waals surface area contributed by atoms with Gasteiger partial charge >= 0.3 is 21.1 Å². The van der Waals surface area contributed by atoms with Crippen LogP contribution in [0.1, 0.15) is 0 Å². The van der Waals surface area contributed by atoms with Gasteiger partial charge in [0.25, 0.3) is 0 Å². The molecule has 0 aliphatic heterocycles. The Morgan fingerprint density at radius 1 is 1.67 bits per heavy atom. The molecule has 0 spiro atoms. The van der Waals surface area contributed by atoms with Gasteiger partial charge in [-0.05, 0) is 0 Å². The van der Waals surface area contributed by atoms with Crippen molar-refractivity contribution in [1.82, 2.24) is 0 Å². The third-order valence-corrected chi connectivity index (χ3v) is 0.0833. The van der Waals surface area contributed by atoms with E-state index in [2.05, 4.69) is 4.74 Å². The Balaban J connectivity index is -0.0000000450. The average molecular weight is 259 g/mol. The molecule has 4 heteroatoms. The predicted molar refractivity (Wildman–Crippen MR) is 18.0 cm³/mol. The molecule has 0 aromatic rings. The van der Waals surface area contributed by atoms with Crippen molar-refractivity contribution in [2.75, 3.05) is 7.11 Å². The van der Waals surface area contributed by atoms with Crippen molar-refractivity contribution >= 4 is 6.47 Å². The van der Waals surface area contributed by atoms with Gasteiger partial charge in [0, 0.05) is 7.11 Å². The molecular formula is C2H5NO2W. The van der Waals surface area contributed by atoms with Crippen LogP contribution in [0.15, 0.2) is 0 Å². The van der Waals surface area contributed by atoms with Crippen LogP contribution >= 0.6 is 0 Å². The van der Waals surface area contributed by atoms with Crippen molar-refractivity contribution in [2.45, 2.75) is 0 Å². The summed E-state index contributed by atoms with van der Waals surface area (Å²) < 4.78 is 3.74. The maximum atomic E-state index is 8.83. The van der Waals surface area contributed by atoms with Gasteiger partial charge in [0.05, 0.1) is 0 Å². The van der Waals surface area contributed by atoms with Crippen LogP contribution in [0.4, 0.5) is 0 Å². The summed E-state index contributed by atoms with van der Waals surface area (Å²) in [5.74, 6) is 0. The van der Waals surface area contributed by atoms with E-state index in [4.69, 9.17) is 4.79 Å². The molecule has 3 nitrogen and oxygen atoms in total. The summed E-state index contributed by atoms with van der Waals surface area (Å²) in [6.07, 6.45) is 0. The fraction of sp³-hybridized carbons (Fsp3) is 0.500. The Kier molecular flexibility index (Phi) is 53.1. The van der Waals surface area contributed by atoms with Crippen molar-refractivity contribution in [1.29, 1.82) is 0 Å². The quantitative estimate of drug-likeness (QED) is 0.640. The largest absolute Gasteiger partial charge is 2.00 e. The van der Waals surface area contributed by atoms with Crippen molar-refractivity contribution < 1.29 is 30.6 Å². The van der Waals surface area contributed by atoms with Crippen LogP contribution in [0.25, 0.3) is 6.15 Å². The molecule has 0 bridgehead atoms. The van der Waals surface area contributed by atoms with Crippen LogP contribution in [-0.4, -0.2) is 13.6 Å². The number of carbonyl (C=O) groups excluding carboxylic acids is 1. The van der Waals surface area contributed by atoms with Gasteiger partial charge in [-0.2, -0.15) is 0 Å². The van der Waals surface area contributed by atoms with Gasteiger partial charge in [0.2, 0.25) is 0 Å². The molecule has 0 rings (SSSR count). The van der Waals surface area contributed by atoms with Crippen LogP contribution in [0, 0.1) is 0 Å². The number of ether oxygens (including phenoxy) is 1. The Labute approximate surface area is 50.9 Å². The first-order chi connectivity index (χ1) is 1.91. The number of hydrogen-bond acceptors (Lipinski definition) is 2. The zero-order valence-electron chi connectivity index (χ0n) is 3.30. The van der Waals surface area contributed by atoms with E-state index in [9.17, 15) is 0 Å². The summed E-state index contributed by atoms with van der Waals surface area (Å²) >= 11 is 0. The Morgan fingerprint density at radius 2 is 1.83 bits per heavy atom. The maximum absolute atomic E-state index is 8.83. The monoisotopic (exact) mass is 259 g/mol. The van der Waals surface area contributed by atoms with Gasteiger partial charge in [-0.25, -0.2) is 0 Å². The summed E-state index contributed by atoms with van der Waals surface area (Å²) in [6.45, 7) is 1.18. The van der Waals surface area contributed by atoms with Crippen LogP contribution < -0.4 is 0 Å². The fourth-order valence-electron chi connectivity index (χ4n) is 0. The third kappa shape index (κ3) is 32.0. The minimum Gasteiger partial charge on any atom is -0.693 e. The SMILES string of the molecule is CO[C-]=O.[NH2-].[W+2]. The summed E-state index contributed by atoms with van der Waals surface area (Å²) in [5.41, 5.74) is 0. The van der Waals surface area contributed by atoms with Crippen molar-refractivity contribution in [3.63, 3.8) is 0 Å². The summed E-state index contributed by atoms with van der Waals surface area (Å²) in [7, 11) is 1.26. The first-order valence-electron chi connectivity index (χ1n) is 0.816. The predicted octanol–water partition coefficient (Wildman–Crippen LogP) is 0.415. The van der Waals surface area contributed by atoms with Gasteiger partial charge in [-0.15, -0.1) is 0 Å². The van der Waals surface area contributed by atoms with Gasteiger partial charge in [-0.1, -0.05) is 6.47 Å². The minimum atomic E-state index is 0. The van der Waals surface area contributed by atoms with Gasteiger partial charge in [0.1, 0.15) is 0 Å². The van der Waals surface area contributed by atoms with Crippen molar-refractivity contribution in [3.8, 4) is 0 Å². The molecule has 36 valence electrons. The standard InChI is InChI=1S/C2H3O2.H2N.W/c1-4-2-3;;/h1H3;1H2;/q2*-1;+2. The molecular weight excluding hydrogens is 254 g/mol. The number of nitrogens with two attached hydrogens (primary N) is 1. The van der Waals surface area contributed by atoms with E-state index in [1.54, 1.807) is 0 Å². The molecule has 0 saturated heterocycles.